The number of carbonyl (C=O) groups is 1. The second-order valence-electron chi connectivity index (χ2n) is 3.64. The summed E-state index contributed by atoms with van der Waals surface area (Å²) in [5, 5.41) is 11.7. The SMILES string of the molecule is COC(=O)c1nc(-c2ccc(Cl)cc2[N+](=O)[O-])sc1N. The highest BCUT2D eigenvalue weighted by molar-refractivity contribution is 7.19. The first-order valence-electron chi connectivity index (χ1n) is 5.23. The van der Waals surface area contributed by atoms with Gasteiger partial charge in [0.05, 0.1) is 17.6 Å². The molecule has 7 nitrogen and oxygen atoms in total. The van der Waals surface area contributed by atoms with E-state index in [0.717, 1.165) is 11.3 Å². The summed E-state index contributed by atoms with van der Waals surface area (Å²) in [5.74, 6) is -0.693. The molecule has 0 bridgehead atoms. The lowest BCUT2D eigenvalue weighted by atomic mass is 10.2. The molecule has 104 valence electrons. The Bertz CT molecular complexity index is 701. The third-order valence-corrected chi connectivity index (χ3v) is 3.57. The minimum Gasteiger partial charge on any atom is -0.464 e. The van der Waals surface area contributed by atoms with E-state index in [1.165, 1.54) is 25.3 Å². The average Bonchev–Trinajstić information content (AvgIpc) is 2.79. The van der Waals surface area contributed by atoms with Crippen LogP contribution in [0.15, 0.2) is 18.2 Å². The van der Waals surface area contributed by atoms with Gasteiger partial charge in [0, 0.05) is 11.1 Å². The van der Waals surface area contributed by atoms with Crippen molar-refractivity contribution < 1.29 is 14.5 Å². The molecule has 1 aromatic carbocycles. The minimum absolute atomic E-state index is 0.0586. The zero-order chi connectivity index (χ0) is 14.9. The number of anilines is 1. The van der Waals surface area contributed by atoms with E-state index in [9.17, 15) is 14.9 Å². The highest BCUT2D eigenvalue weighted by Crippen LogP contribution is 2.37. The van der Waals surface area contributed by atoms with Crippen LogP contribution in [0.1, 0.15) is 10.5 Å². The third-order valence-electron chi connectivity index (χ3n) is 2.42. The first-order chi connectivity index (χ1) is 9.43. The van der Waals surface area contributed by atoms with Crippen LogP contribution in [0.4, 0.5) is 10.7 Å². The molecule has 0 spiro atoms. The number of nitrogens with two attached hydrogens (primary N) is 1. The van der Waals surface area contributed by atoms with Crippen molar-refractivity contribution in [2.75, 3.05) is 12.8 Å². The average molecular weight is 314 g/mol. The van der Waals surface area contributed by atoms with Crippen LogP contribution in [-0.4, -0.2) is 23.0 Å². The highest BCUT2D eigenvalue weighted by Gasteiger charge is 2.23. The number of nitro groups is 1. The molecule has 2 N–H and O–H groups in total. The Morgan fingerprint density at radius 3 is 2.85 bits per heavy atom. The molecule has 0 fully saturated rings. The van der Waals surface area contributed by atoms with Gasteiger partial charge in [-0.15, -0.1) is 0 Å². The number of ether oxygens (including phenoxy) is 1. The van der Waals surface area contributed by atoms with Crippen LogP contribution in [0.25, 0.3) is 10.6 Å². The number of hydrogen-bond acceptors (Lipinski definition) is 7. The van der Waals surface area contributed by atoms with Crippen LogP contribution in [-0.2, 0) is 4.74 Å². The molecule has 0 atom stereocenters. The number of carbonyl (C=O) groups excluding carboxylic acids is 1. The summed E-state index contributed by atoms with van der Waals surface area (Å²) in [4.78, 5) is 25.9. The molecule has 1 heterocycles. The Morgan fingerprint density at radius 2 is 2.25 bits per heavy atom. The maximum absolute atomic E-state index is 11.4. The lowest BCUT2D eigenvalue weighted by Crippen LogP contribution is -2.04. The molecule has 0 saturated heterocycles. The second-order valence-corrected chi connectivity index (χ2v) is 5.11. The van der Waals surface area contributed by atoms with Crippen LogP contribution in [0.2, 0.25) is 5.02 Å². The zero-order valence-corrected chi connectivity index (χ0v) is 11.7. The fraction of sp³-hybridized carbons (Fsp3) is 0.0909. The van der Waals surface area contributed by atoms with E-state index < -0.39 is 10.9 Å². The molecule has 9 heteroatoms. The van der Waals surface area contributed by atoms with Gasteiger partial charge in [-0.2, -0.15) is 0 Å². The fourth-order valence-electron chi connectivity index (χ4n) is 1.53. The monoisotopic (exact) mass is 313 g/mol. The van der Waals surface area contributed by atoms with Gasteiger partial charge in [-0.1, -0.05) is 22.9 Å². The van der Waals surface area contributed by atoms with Crippen molar-refractivity contribution in [1.82, 2.24) is 4.98 Å². The van der Waals surface area contributed by atoms with Gasteiger partial charge in [-0.05, 0) is 12.1 Å². The molecule has 2 rings (SSSR count). The lowest BCUT2D eigenvalue weighted by Gasteiger charge is -1.99. The highest BCUT2D eigenvalue weighted by atomic mass is 35.5. The minimum atomic E-state index is -0.693. The van der Waals surface area contributed by atoms with Crippen LogP contribution in [0, 0.1) is 10.1 Å². The largest absolute Gasteiger partial charge is 0.464 e. The summed E-state index contributed by atoms with van der Waals surface area (Å²) in [6.07, 6.45) is 0. The van der Waals surface area contributed by atoms with Crippen molar-refractivity contribution in [1.29, 1.82) is 0 Å². The smallest absolute Gasteiger partial charge is 0.359 e. The van der Waals surface area contributed by atoms with E-state index in [2.05, 4.69) is 9.72 Å². The summed E-state index contributed by atoms with van der Waals surface area (Å²) in [7, 11) is 1.20. The third kappa shape index (κ3) is 2.56. The van der Waals surface area contributed by atoms with Gasteiger partial charge in [-0.25, -0.2) is 9.78 Å². The predicted molar refractivity (Wildman–Crippen MR) is 75.0 cm³/mol. The standard InChI is InChI=1S/C11H8ClN3O4S/c1-19-11(16)8-9(13)20-10(14-8)6-3-2-5(12)4-7(6)15(17)18/h2-4H,13H2,1H3. The number of hydrogen-bond donors (Lipinski definition) is 1. The molecule has 0 amide bonds. The van der Waals surface area contributed by atoms with E-state index in [1.54, 1.807) is 0 Å². The number of nitro benzene ring substituents is 1. The lowest BCUT2D eigenvalue weighted by molar-refractivity contribution is -0.384. The molecular formula is C11H8ClN3O4S. The summed E-state index contributed by atoms with van der Waals surface area (Å²) < 4.78 is 4.53. The van der Waals surface area contributed by atoms with E-state index in [-0.39, 0.29) is 32.0 Å². The topological polar surface area (TPSA) is 108 Å². The van der Waals surface area contributed by atoms with Gasteiger partial charge in [0.1, 0.15) is 10.0 Å². The van der Waals surface area contributed by atoms with E-state index >= 15 is 0 Å². The summed E-state index contributed by atoms with van der Waals surface area (Å²) >= 11 is 6.70. The molecular weight excluding hydrogens is 306 g/mol. The quantitative estimate of drug-likeness (QED) is 0.530. The van der Waals surface area contributed by atoms with Gasteiger partial charge in [0.15, 0.2) is 5.69 Å². The molecule has 20 heavy (non-hydrogen) atoms. The molecule has 1 aromatic heterocycles. The number of thiazole rings is 1. The predicted octanol–water partition coefficient (Wildman–Crippen LogP) is 2.74. The Kier molecular flexibility index (Phi) is 3.86. The number of benzene rings is 1. The number of rotatable bonds is 3. The molecule has 2 aromatic rings. The molecule has 0 unspecified atom stereocenters. The van der Waals surface area contributed by atoms with Crippen molar-refractivity contribution >= 4 is 39.6 Å². The summed E-state index contributed by atoms with van der Waals surface area (Å²) in [6.45, 7) is 0. The van der Waals surface area contributed by atoms with Crippen LogP contribution in [0.3, 0.4) is 0 Å². The molecule has 0 aliphatic heterocycles. The first-order valence-corrected chi connectivity index (χ1v) is 6.42. The number of esters is 1. The van der Waals surface area contributed by atoms with E-state index in [0.29, 0.717) is 0 Å². The van der Waals surface area contributed by atoms with Gasteiger partial charge in [0.2, 0.25) is 0 Å². The number of nitrogen functional groups attached to an aromatic ring is 1. The molecule has 0 saturated carbocycles. The van der Waals surface area contributed by atoms with Crippen molar-refractivity contribution in [3.8, 4) is 10.6 Å². The van der Waals surface area contributed by atoms with Crippen LogP contribution in [0.5, 0.6) is 0 Å². The Hall–Kier alpha value is -2.19. The van der Waals surface area contributed by atoms with Crippen molar-refractivity contribution in [3.05, 3.63) is 39.0 Å². The Morgan fingerprint density at radius 1 is 1.55 bits per heavy atom. The van der Waals surface area contributed by atoms with Gasteiger partial charge < -0.3 is 10.5 Å². The first kappa shape index (κ1) is 14.2. The van der Waals surface area contributed by atoms with Gasteiger partial charge >= 0.3 is 5.97 Å². The van der Waals surface area contributed by atoms with Crippen LogP contribution < -0.4 is 5.73 Å². The van der Waals surface area contributed by atoms with E-state index in [4.69, 9.17) is 17.3 Å². The maximum Gasteiger partial charge on any atom is 0.359 e. The van der Waals surface area contributed by atoms with E-state index in [1.807, 2.05) is 0 Å². The number of halogens is 1. The van der Waals surface area contributed by atoms with Crippen molar-refractivity contribution in [2.45, 2.75) is 0 Å². The van der Waals surface area contributed by atoms with Gasteiger partial charge in [0.25, 0.3) is 5.69 Å². The maximum atomic E-state index is 11.4. The zero-order valence-electron chi connectivity index (χ0n) is 10.1. The Labute approximate surface area is 122 Å². The number of methoxy groups -OCH3 is 1. The molecule has 0 aliphatic carbocycles. The Balaban J connectivity index is 2.58. The molecule has 0 radical (unpaired) electrons. The van der Waals surface area contributed by atoms with Crippen molar-refractivity contribution in [3.63, 3.8) is 0 Å². The van der Waals surface area contributed by atoms with Crippen molar-refractivity contribution in [2.24, 2.45) is 0 Å². The molecule has 0 aliphatic rings. The second kappa shape index (κ2) is 5.43. The number of nitrogens with zero attached hydrogens (tertiary/aromatic N) is 2. The fourth-order valence-corrected chi connectivity index (χ4v) is 2.55. The van der Waals surface area contributed by atoms with Crippen LogP contribution >= 0.6 is 22.9 Å². The summed E-state index contributed by atoms with van der Waals surface area (Å²) in [6, 6.07) is 4.17. The number of aromatic nitrogens is 1. The van der Waals surface area contributed by atoms with Gasteiger partial charge in [-0.3, -0.25) is 10.1 Å². The normalized spacial score (nSPS) is 10.3. The summed E-state index contributed by atoms with van der Waals surface area (Å²) in [5.41, 5.74) is 5.65.